The Morgan fingerprint density at radius 2 is 2.24 bits per heavy atom. The number of nitrogens with two attached hydrogens (primary N) is 1. The molecule has 0 aliphatic carbocycles. The fourth-order valence-electron chi connectivity index (χ4n) is 2.01. The third kappa shape index (κ3) is 2.42. The molecule has 1 heterocycles. The lowest BCUT2D eigenvalue weighted by atomic mass is 10.1. The summed E-state index contributed by atoms with van der Waals surface area (Å²) in [7, 11) is 4.10. The maximum absolute atomic E-state index is 5.65. The van der Waals surface area contributed by atoms with Gasteiger partial charge < -0.3 is 15.2 Å². The molecule has 1 unspecified atom stereocenters. The van der Waals surface area contributed by atoms with E-state index in [1.54, 1.807) is 0 Å². The second-order valence-corrected chi connectivity index (χ2v) is 4.75. The van der Waals surface area contributed by atoms with Gasteiger partial charge in [-0.05, 0) is 30.7 Å². The van der Waals surface area contributed by atoms with Gasteiger partial charge in [0.05, 0.1) is 17.4 Å². The zero-order valence-corrected chi connectivity index (χ0v) is 10.7. The molecule has 0 spiro atoms. The van der Waals surface area contributed by atoms with Crippen molar-refractivity contribution in [2.24, 2.45) is 18.7 Å². The van der Waals surface area contributed by atoms with Crippen molar-refractivity contribution in [3.8, 4) is 0 Å². The first-order valence-corrected chi connectivity index (χ1v) is 5.94. The van der Waals surface area contributed by atoms with Crippen LogP contribution in [-0.4, -0.2) is 29.7 Å². The molecule has 2 aromatic rings. The van der Waals surface area contributed by atoms with Crippen LogP contribution in [0.2, 0.25) is 0 Å². The summed E-state index contributed by atoms with van der Waals surface area (Å²) in [5.41, 5.74) is 9.04. The van der Waals surface area contributed by atoms with Crippen molar-refractivity contribution >= 4 is 16.7 Å². The molecule has 17 heavy (non-hydrogen) atoms. The number of anilines is 1. The zero-order chi connectivity index (χ0) is 12.4. The maximum Gasteiger partial charge on any atom is 0.0955 e. The minimum absolute atomic E-state index is 0.499. The van der Waals surface area contributed by atoms with Crippen LogP contribution in [0, 0.1) is 5.92 Å². The van der Waals surface area contributed by atoms with Crippen molar-refractivity contribution in [3.05, 3.63) is 24.5 Å². The largest absolute Gasteiger partial charge is 0.374 e. The number of hydrogen-bond donors (Lipinski definition) is 1. The molecule has 0 fully saturated rings. The Balaban J connectivity index is 2.24. The molecule has 0 aliphatic rings. The molecular formula is C13H20N4. The van der Waals surface area contributed by atoms with Gasteiger partial charge in [-0.2, -0.15) is 0 Å². The van der Waals surface area contributed by atoms with E-state index in [4.69, 9.17) is 5.73 Å². The fourth-order valence-corrected chi connectivity index (χ4v) is 2.01. The van der Waals surface area contributed by atoms with Gasteiger partial charge >= 0.3 is 0 Å². The Bertz CT molecular complexity index is 503. The lowest BCUT2D eigenvalue weighted by Gasteiger charge is -2.22. The van der Waals surface area contributed by atoms with Gasteiger partial charge in [-0.15, -0.1) is 0 Å². The van der Waals surface area contributed by atoms with Crippen LogP contribution in [0.4, 0.5) is 5.69 Å². The highest BCUT2D eigenvalue weighted by Crippen LogP contribution is 2.20. The van der Waals surface area contributed by atoms with Crippen LogP contribution in [0.25, 0.3) is 11.0 Å². The van der Waals surface area contributed by atoms with Crippen molar-refractivity contribution in [2.75, 3.05) is 25.0 Å². The molecule has 0 bridgehead atoms. The van der Waals surface area contributed by atoms with Crippen LogP contribution in [0.3, 0.4) is 0 Å². The first kappa shape index (κ1) is 11.9. The predicted octanol–water partition coefficient (Wildman–Crippen LogP) is 1.60. The topological polar surface area (TPSA) is 47.1 Å². The number of aromatic nitrogens is 2. The Morgan fingerprint density at radius 1 is 1.47 bits per heavy atom. The van der Waals surface area contributed by atoms with Gasteiger partial charge in [0.25, 0.3) is 0 Å². The van der Waals surface area contributed by atoms with E-state index in [2.05, 4.69) is 42.1 Å². The number of rotatable bonds is 4. The highest BCUT2D eigenvalue weighted by Gasteiger charge is 2.07. The number of hydrogen-bond acceptors (Lipinski definition) is 3. The van der Waals surface area contributed by atoms with Crippen molar-refractivity contribution in [1.82, 2.24) is 9.55 Å². The molecule has 2 rings (SSSR count). The highest BCUT2D eigenvalue weighted by molar-refractivity contribution is 5.79. The summed E-state index contributed by atoms with van der Waals surface area (Å²) in [6.07, 6.45) is 1.84. The standard InChI is InChI=1S/C13H20N4/c1-10(7-14)8-16(2)11-4-5-13-12(6-11)15-9-17(13)3/h4-6,9-10H,7-8,14H2,1-3H3. The first-order valence-electron chi connectivity index (χ1n) is 5.94. The summed E-state index contributed by atoms with van der Waals surface area (Å²) in [6, 6.07) is 6.37. The SMILES string of the molecule is CC(CN)CN(C)c1ccc2c(c1)ncn2C. The second-order valence-electron chi connectivity index (χ2n) is 4.75. The zero-order valence-electron chi connectivity index (χ0n) is 10.7. The van der Waals surface area contributed by atoms with E-state index in [9.17, 15) is 0 Å². The van der Waals surface area contributed by atoms with Gasteiger partial charge in [-0.25, -0.2) is 4.98 Å². The summed E-state index contributed by atoms with van der Waals surface area (Å²) in [4.78, 5) is 6.60. The lowest BCUT2D eigenvalue weighted by Crippen LogP contribution is -2.28. The van der Waals surface area contributed by atoms with Gasteiger partial charge in [0.15, 0.2) is 0 Å². The number of benzene rings is 1. The number of imidazole rings is 1. The van der Waals surface area contributed by atoms with Crippen molar-refractivity contribution in [3.63, 3.8) is 0 Å². The van der Waals surface area contributed by atoms with Crippen molar-refractivity contribution in [1.29, 1.82) is 0 Å². The minimum Gasteiger partial charge on any atom is -0.374 e. The molecular weight excluding hydrogens is 212 g/mol. The number of aryl methyl sites for hydroxylation is 1. The molecule has 4 nitrogen and oxygen atoms in total. The molecule has 0 radical (unpaired) electrons. The molecule has 0 aliphatic heterocycles. The molecule has 0 amide bonds. The smallest absolute Gasteiger partial charge is 0.0955 e. The molecule has 1 aromatic heterocycles. The highest BCUT2D eigenvalue weighted by atomic mass is 15.1. The summed E-state index contributed by atoms with van der Waals surface area (Å²) in [5, 5.41) is 0. The average molecular weight is 232 g/mol. The van der Waals surface area contributed by atoms with E-state index in [1.165, 1.54) is 5.69 Å². The summed E-state index contributed by atoms with van der Waals surface area (Å²) in [6.45, 7) is 3.85. The Hall–Kier alpha value is -1.55. The third-order valence-corrected chi connectivity index (χ3v) is 3.14. The normalized spacial score (nSPS) is 12.9. The summed E-state index contributed by atoms with van der Waals surface area (Å²) in [5.74, 6) is 0.499. The van der Waals surface area contributed by atoms with Crippen LogP contribution in [-0.2, 0) is 7.05 Å². The Labute approximate surface area is 102 Å². The molecule has 2 N–H and O–H groups in total. The van der Waals surface area contributed by atoms with Crippen molar-refractivity contribution in [2.45, 2.75) is 6.92 Å². The average Bonchev–Trinajstić information content (AvgIpc) is 2.70. The van der Waals surface area contributed by atoms with Gasteiger partial charge in [-0.3, -0.25) is 0 Å². The Morgan fingerprint density at radius 3 is 2.94 bits per heavy atom. The van der Waals surface area contributed by atoms with Crippen LogP contribution in [0.1, 0.15) is 6.92 Å². The van der Waals surface area contributed by atoms with Gasteiger partial charge in [0.1, 0.15) is 0 Å². The molecule has 0 saturated carbocycles. The van der Waals surface area contributed by atoms with E-state index in [0.717, 1.165) is 24.1 Å². The predicted molar refractivity (Wildman–Crippen MR) is 72.2 cm³/mol. The van der Waals surface area contributed by atoms with Gasteiger partial charge in [0, 0.05) is 26.3 Å². The van der Waals surface area contributed by atoms with Crippen molar-refractivity contribution < 1.29 is 0 Å². The van der Waals surface area contributed by atoms with E-state index in [0.29, 0.717) is 5.92 Å². The van der Waals surface area contributed by atoms with E-state index >= 15 is 0 Å². The molecule has 1 aromatic carbocycles. The summed E-state index contributed by atoms with van der Waals surface area (Å²) < 4.78 is 2.03. The van der Waals surface area contributed by atoms with Crippen LogP contribution in [0.15, 0.2) is 24.5 Å². The van der Waals surface area contributed by atoms with E-state index in [1.807, 2.05) is 17.9 Å². The lowest BCUT2D eigenvalue weighted by molar-refractivity contribution is 0.590. The number of fused-ring (bicyclic) bond motifs is 1. The molecule has 0 saturated heterocycles. The van der Waals surface area contributed by atoms with Crippen LogP contribution in [0.5, 0.6) is 0 Å². The van der Waals surface area contributed by atoms with E-state index in [-0.39, 0.29) is 0 Å². The minimum atomic E-state index is 0.499. The van der Waals surface area contributed by atoms with E-state index < -0.39 is 0 Å². The summed E-state index contributed by atoms with van der Waals surface area (Å²) >= 11 is 0. The van der Waals surface area contributed by atoms with Gasteiger partial charge in [-0.1, -0.05) is 6.92 Å². The first-order chi connectivity index (χ1) is 8.11. The maximum atomic E-state index is 5.65. The van der Waals surface area contributed by atoms with Gasteiger partial charge in [0.2, 0.25) is 0 Å². The molecule has 4 heteroatoms. The Kier molecular flexibility index (Phi) is 3.33. The second kappa shape index (κ2) is 4.75. The number of nitrogens with zero attached hydrogens (tertiary/aromatic N) is 3. The molecule has 92 valence electrons. The van der Waals surface area contributed by atoms with Crippen LogP contribution < -0.4 is 10.6 Å². The van der Waals surface area contributed by atoms with Crippen LogP contribution >= 0.6 is 0 Å². The fraction of sp³-hybridized carbons (Fsp3) is 0.462. The quantitative estimate of drug-likeness (QED) is 0.871. The molecule has 1 atom stereocenters. The third-order valence-electron chi connectivity index (χ3n) is 3.14. The monoisotopic (exact) mass is 232 g/mol.